The number of rotatable bonds is 2. The van der Waals surface area contributed by atoms with Crippen molar-refractivity contribution >= 4 is 0 Å². The van der Waals surface area contributed by atoms with Crippen LogP contribution >= 0.6 is 0 Å². The van der Waals surface area contributed by atoms with Crippen LogP contribution in [-0.4, -0.2) is 9.78 Å². The highest BCUT2D eigenvalue weighted by molar-refractivity contribution is 5.19. The fourth-order valence-corrected chi connectivity index (χ4v) is 2.10. The number of fused-ring (bicyclic) bond motifs is 1. The molecule has 13 heavy (non-hydrogen) atoms. The van der Waals surface area contributed by atoms with Gasteiger partial charge in [-0.1, -0.05) is 13.8 Å². The molecule has 0 amide bonds. The molecule has 0 fully saturated rings. The van der Waals surface area contributed by atoms with Gasteiger partial charge in [0.15, 0.2) is 0 Å². The smallest absolute Gasteiger partial charge is 0.0524 e. The molecule has 0 N–H and O–H groups in total. The summed E-state index contributed by atoms with van der Waals surface area (Å²) < 4.78 is 2.20. The SMILES string of the molecule is CC(C)Cc1cnn2c1CCCC2. The average Bonchev–Trinajstić information content (AvgIpc) is 2.48. The minimum atomic E-state index is 0.746. The first-order chi connectivity index (χ1) is 6.27. The Kier molecular flexibility index (Phi) is 2.38. The minimum absolute atomic E-state index is 0.746. The molecule has 1 aromatic rings. The molecule has 0 spiro atoms. The molecule has 0 unspecified atom stereocenters. The van der Waals surface area contributed by atoms with Gasteiger partial charge in [-0.2, -0.15) is 5.10 Å². The predicted octanol–water partition coefficient (Wildman–Crippen LogP) is 2.42. The number of hydrogen-bond acceptors (Lipinski definition) is 1. The van der Waals surface area contributed by atoms with E-state index >= 15 is 0 Å². The second kappa shape index (κ2) is 3.52. The lowest BCUT2D eigenvalue weighted by Crippen LogP contribution is -2.12. The zero-order chi connectivity index (χ0) is 9.26. The highest BCUT2D eigenvalue weighted by Gasteiger charge is 2.14. The van der Waals surface area contributed by atoms with Gasteiger partial charge in [-0.05, 0) is 37.2 Å². The minimum Gasteiger partial charge on any atom is -0.269 e. The van der Waals surface area contributed by atoms with Crippen LogP contribution in [-0.2, 0) is 19.4 Å². The van der Waals surface area contributed by atoms with Crippen molar-refractivity contribution in [3.05, 3.63) is 17.5 Å². The van der Waals surface area contributed by atoms with Crippen LogP contribution < -0.4 is 0 Å². The summed E-state index contributed by atoms with van der Waals surface area (Å²) in [7, 11) is 0. The zero-order valence-electron chi connectivity index (χ0n) is 8.58. The molecule has 0 saturated heterocycles. The van der Waals surface area contributed by atoms with Gasteiger partial charge in [-0.3, -0.25) is 4.68 Å². The summed E-state index contributed by atoms with van der Waals surface area (Å²) in [4.78, 5) is 0. The first-order valence-corrected chi connectivity index (χ1v) is 5.31. The Morgan fingerprint density at radius 3 is 3.08 bits per heavy atom. The van der Waals surface area contributed by atoms with E-state index in [2.05, 4.69) is 29.8 Å². The maximum atomic E-state index is 4.43. The second-order valence-electron chi connectivity index (χ2n) is 4.39. The van der Waals surface area contributed by atoms with Crippen molar-refractivity contribution in [2.45, 2.75) is 46.1 Å². The fraction of sp³-hybridized carbons (Fsp3) is 0.727. The van der Waals surface area contributed by atoms with Gasteiger partial charge in [-0.25, -0.2) is 0 Å². The summed E-state index contributed by atoms with van der Waals surface area (Å²) >= 11 is 0. The van der Waals surface area contributed by atoms with E-state index in [-0.39, 0.29) is 0 Å². The Morgan fingerprint density at radius 2 is 2.31 bits per heavy atom. The first kappa shape index (κ1) is 8.79. The Labute approximate surface area is 80.0 Å². The van der Waals surface area contributed by atoms with Crippen molar-refractivity contribution in [3.8, 4) is 0 Å². The van der Waals surface area contributed by atoms with Crippen molar-refractivity contribution in [1.82, 2.24) is 9.78 Å². The number of hydrogen-bond donors (Lipinski definition) is 0. The summed E-state index contributed by atoms with van der Waals surface area (Å²) in [5.41, 5.74) is 2.98. The van der Waals surface area contributed by atoms with Gasteiger partial charge < -0.3 is 0 Å². The molecule has 0 radical (unpaired) electrons. The molecule has 0 atom stereocenters. The highest BCUT2D eigenvalue weighted by atomic mass is 15.3. The molecule has 0 saturated carbocycles. The molecule has 1 aromatic heterocycles. The van der Waals surface area contributed by atoms with Crippen LogP contribution in [0.1, 0.15) is 37.9 Å². The third-order valence-electron chi connectivity index (χ3n) is 2.70. The van der Waals surface area contributed by atoms with Gasteiger partial charge in [0.2, 0.25) is 0 Å². The second-order valence-corrected chi connectivity index (χ2v) is 4.39. The van der Waals surface area contributed by atoms with Gasteiger partial charge >= 0.3 is 0 Å². The van der Waals surface area contributed by atoms with E-state index in [4.69, 9.17) is 0 Å². The van der Waals surface area contributed by atoms with Crippen LogP contribution in [0.2, 0.25) is 0 Å². The third-order valence-corrected chi connectivity index (χ3v) is 2.70. The van der Waals surface area contributed by atoms with Crippen LogP contribution in [0.3, 0.4) is 0 Å². The van der Waals surface area contributed by atoms with Crippen molar-refractivity contribution in [2.24, 2.45) is 5.92 Å². The summed E-state index contributed by atoms with van der Waals surface area (Å²) in [6, 6.07) is 0. The third kappa shape index (κ3) is 1.77. The molecule has 2 heterocycles. The molecule has 1 aliphatic heterocycles. The lowest BCUT2D eigenvalue weighted by molar-refractivity contribution is 0.482. The topological polar surface area (TPSA) is 17.8 Å². The molecule has 2 heteroatoms. The number of aryl methyl sites for hydroxylation is 1. The largest absolute Gasteiger partial charge is 0.269 e. The zero-order valence-corrected chi connectivity index (χ0v) is 8.58. The molecular formula is C11H18N2. The quantitative estimate of drug-likeness (QED) is 0.680. The molecule has 0 bridgehead atoms. The van der Waals surface area contributed by atoms with Crippen LogP contribution in [0.25, 0.3) is 0 Å². The van der Waals surface area contributed by atoms with E-state index in [1.54, 1.807) is 0 Å². The lowest BCUT2D eigenvalue weighted by atomic mass is 10.00. The maximum absolute atomic E-state index is 4.43. The molecule has 72 valence electrons. The van der Waals surface area contributed by atoms with Gasteiger partial charge in [-0.15, -0.1) is 0 Å². The average molecular weight is 178 g/mol. The van der Waals surface area contributed by atoms with Crippen molar-refractivity contribution in [2.75, 3.05) is 0 Å². The Balaban J connectivity index is 2.21. The van der Waals surface area contributed by atoms with Crippen LogP contribution in [0.4, 0.5) is 0 Å². The van der Waals surface area contributed by atoms with E-state index in [9.17, 15) is 0 Å². The Hall–Kier alpha value is -0.790. The van der Waals surface area contributed by atoms with Crippen LogP contribution in [0.5, 0.6) is 0 Å². The van der Waals surface area contributed by atoms with E-state index in [0.717, 1.165) is 12.5 Å². The number of aromatic nitrogens is 2. The Bertz CT molecular complexity index is 286. The lowest BCUT2D eigenvalue weighted by Gasteiger charge is -2.15. The summed E-state index contributed by atoms with van der Waals surface area (Å²) in [5, 5.41) is 4.43. The van der Waals surface area contributed by atoms with E-state index in [1.165, 1.54) is 36.9 Å². The van der Waals surface area contributed by atoms with Crippen molar-refractivity contribution in [1.29, 1.82) is 0 Å². The molecule has 1 aliphatic rings. The molecule has 2 rings (SSSR count). The van der Waals surface area contributed by atoms with E-state index < -0.39 is 0 Å². The summed E-state index contributed by atoms with van der Waals surface area (Å²) in [5.74, 6) is 0.746. The van der Waals surface area contributed by atoms with Gasteiger partial charge in [0.25, 0.3) is 0 Å². The molecular weight excluding hydrogens is 160 g/mol. The Morgan fingerprint density at radius 1 is 1.46 bits per heavy atom. The van der Waals surface area contributed by atoms with Crippen molar-refractivity contribution < 1.29 is 0 Å². The van der Waals surface area contributed by atoms with Crippen LogP contribution in [0.15, 0.2) is 6.20 Å². The monoisotopic (exact) mass is 178 g/mol. The van der Waals surface area contributed by atoms with E-state index in [1.807, 2.05) is 0 Å². The van der Waals surface area contributed by atoms with Gasteiger partial charge in [0.1, 0.15) is 0 Å². The van der Waals surface area contributed by atoms with Gasteiger partial charge in [0.05, 0.1) is 6.20 Å². The maximum Gasteiger partial charge on any atom is 0.0524 e. The standard InChI is InChI=1S/C11H18N2/c1-9(2)7-10-8-12-13-6-4-3-5-11(10)13/h8-9H,3-7H2,1-2H3. The predicted molar refractivity (Wildman–Crippen MR) is 53.7 cm³/mol. The van der Waals surface area contributed by atoms with E-state index in [0.29, 0.717) is 0 Å². The fourth-order valence-electron chi connectivity index (χ4n) is 2.10. The van der Waals surface area contributed by atoms with Gasteiger partial charge in [0, 0.05) is 12.2 Å². The number of nitrogens with zero attached hydrogens (tertiary/aromatic N) is 2. The molecule has 2 nitrogen and oxygen atoms in total. The normalized spacial score (nSPS) is 16.2. The van der Waals surface area contributed by atoms with Crippen LogP contribution in [0, 0.1) is 5.92 Å². The first-order valence-electron chi connectivity index (χ1n) is 5.31. The highest BCUT2D eigenvalue weighted by Crippen LogP contribution is 2.20. The van der Waals surface area contributed by atoms with Crippen molar-refractivity contribution in [3.63, 3.8) is 0 Å². The molecule has 0 aliphatic carbocycles. The summed E-state index contributed by atoms with van der Waals surface area (Å²) in [6.07, 6.45) is 7.14. The summed E-state index contributed by atoms with van der Waals surface area (Å²) in [6.45, 7) is 5.67. The molecule has 0 aromatic carbocycles.